The number of nitrogens with one attached hydrogen (secondary N) is 1. The Morgan fingerprint density at radius 3 is 2.72 bits per heavy atom. The molecule has 1 aromatic heterocycles. The van der Waals surface area contributed by atoms with E-state index < -0.39 is 10.8 Å². The lowest BCUT2D eigenvalue weighted by Gasteiger charge is -2.24. The van der Waals surface area contributed by atoms with Crippen LogP contribution in [0.2, 0.25) is 5.02 Å². The van der Waals surface area contributed by atoms with E-state index in [0.29, 0.717) is 23.6 Å². The summed E-state index contributed by atoms with van der Waals surface area (Å²) in [5.74, 6) is -0.286. The van der Waals surface area contributed by atoms with Crippen LogP contribution in [-0.4, -0.2) is 21.7 Å². The van der Waals surface area contributed by atoms with Crippen molar-refractivity contribution in [3.63, 3.8) is 0 Å². The third-order valence-electron chi connectivity index (χ3n) is 5.07. The largest absolute Gasteiger partial charge is 0.494 e. The maximum atomic E-state index is 11.8. The van der Waals surface area contributed by atoms with Gasteiger partial charge in [-0.25, -0.2) is 0 Å². The van der Waals surface area contributed by atoms with Gasteiger partial charge in [0.25, 0.3) is 5.69 Å². The van der Waals surface area contributed by atoms with Crippen LogP contribution in [0.4, 0.5) is 5.69 Å². The number of aromatic amines is 1. The van der Waals surface area contributed by atoms with Gasteiger partial charge in [-0.3, -0.25) is 15.2 Å². The Morgan fingerprint density at radius 1 is 1.31 bits per heavy atom. The summed E-state index contributed by atoms with van der Waals surface area (Å²) in [5.41, 5.74) is 7.60. The van der Waals surface area contributed by atoms with Gasteiger partial charge in [0.1, 0.15) is 17.4 Å². The number of nitriles is 1. The van der Waals surface area contributed by atoms with E-state index in [9.17, 15) is 15.4 Å². The van der Waals surface area contributed by atoms with E-state index in [1.54, 1.807) is 0 Å². The summed E-state index contributed by atoms with van der Waals surface area (Å²) < 4.78 is 11.2. The summed E-state index contributed by atoms with van der Waals surface area (Å²) in [7, 11) is 0. The second-order valence-corrected chi connectivity index (χ2v) is 7.45. The van der Waals surface area contributed by atoms with Crippen molar-refractivity contribution in [1.82, 2.24) is 10.2 Å². The number of ether oxygens (including phenoxy) is 2. The molecule has 0 fully saturated rings. The molecule has 0 saturated heterocycles. The first kappa shape index (κ1) is 21.2. The van der Waals surface area contributed by atoms with Crippen molar-refractivity contribution in [1.29, 1.82) is 5.26 Å². The van der Waals surface area contributed by atoms with Gasteiger partial charge in [0.15, 0.2) is 0 Å². The Morgan fingerprint density at radius 2 is 2.06 bits per heavy atom. The standard InChI is InChI=1S/C22H18ClN5O4/c1-2-10-31-13-8-6-12(7-9-13)20-19-17(14(11-24)21(25)32-22(19)27-26-20)18-15(23)4-3-5-16(18)28(29)30/h3-9,17H,2,10,25H2,1H3,(H,26,27)/t17-/m0/s1. The van der Waals surface area contributed by atoms with Crippen molar-refractivity contribution in [3.8, 4) is 29.0 Å². The summed E-state index contributed by atoms with van der Waals surface area (Å²) >= 11 is 6.41. The van der Waals surface area contributed by atoms with Crippen LogP contribution < -0.4 is 15.2 Å². The molecule has 2 aromatic carbocycles. The molecule has 4 rings (SSSR count). The lowest BCUT2D eigenvalue weighted by atomic mass is 9.82. The fourth-order valence-corrected chi connectivity index (χ4v) is 3.94. The molecule has 3 aromatic rings. The topological polar surface area (TPSA) is 140 Å². The predicted molar refractivity (Wildman–Crippen MR) is 117 cm³/mol. The van der Waals surface area contributed by atoms with Crippen molar-refractivity contribution in [2.75, 3.05) is 6.61 Å². The molecule has 32 heavy (non-hydrogen) atoms. The number of fused-ring (bicyclic) bond motifs is 1. The predicted octanol–water partition coefficient (Wildman–Crippen LogP) is 4.65. The van der Waals surface area contributed by atoms with Gasteiger partial charge in [-0.05, 0) is 36.8 Å². The number of hydrogen-bond acceptors (Lipinski definition) is 7. The summed E-state index contributed by atoms with van der Waals surface area (Å²) in [6.07, 6.45) is 0.885. The van der Waals surface area contributed by atoms with Crippen LogP contribution in [0.1, 0.15) is 30.4 Å². The molecule has 1 aliphatic rings. The minimum absolute atomic E-state index is 0.0132. The maximum absolute atomic E-state index is 11.8. The molecule has 0 aliphatic carbocycles. The van der Waals surface area contributed by atoms with Crippen molar-refractivity contribution in [2.24, 2.45) is 5.73 Å². The van der Waals surface area contributed by atoms with E-state index in [4.69, 9.17) is 26.8 Å². The summed E-state index contributed by atoms with van der Waals surface area (Å²) in [5, 5.41) is 28.8. The van der Waals surface area contributed by atoms with Crippen LogP contribution >= 0.6 is 11.6 Å². The number of allylic oxidation sites excluding steroid dienone is 1. The highest BCUT2D eigenvalue weighted by molar-refractivity contribution is 6.31. The molecule has 0 unspecified atom stereocenters. The number of nitro groups is 1. The van der Waals surface area contributed by atoms with Crippen molar-refractivity contribution in [3.05, 3.63) is 80.2 Å². The number of rotatable bonds is 6. The lowest BCUT2D eigenvalue weighted by Crippen LogP contribution is -2.21. The van der Waals surface area contributed by atoms with Gasteiger partial charge in [0, 0.05) is 11.6 Å². The average molecular weight is 452 g/mol. The molecule has 9 nitrogen and oxygen atoms in total. The Bertz CT molecular complexity index is 1260. The van der Waals surface area contributed by atoms with E-state index in [0.717, 1.165) is 12.0 Å². The fraction of sp³-hybridized carbons (Fsp3) is 0.182. The molecular formula is C22H18ClN5O4. The molecule has 0 bridgehead atoms. The van der Waals surface area contributed by atoms with Crippen molar-refractivity contribution >= 4 is 17.3 Å². The Kier molecular flexibility index (Phi) is 5.71. The second-order valence-electron chi connectivity index (χ2n) is 7.04. The van der Waals surface area contributed by atoms with Gasteiger partial charge < -0.3 is 15.2 Å². The number of hydrogen-bond donors (Lipinski definition) is 2. The Balaban J connectivity index is 1.91. The van der Waals surface area contributed by atoms with Crippen LogP contribution in [0.15, 0.2) is 53.9 Å². The Labute approximate surface area is 188 Å². The van der Waals surface area contributed by atoms with E-state index in [1.807, 2.05) is 37.3 Å². The number of aromatic nitrogens is 2. The van der Waals surface area contributed by atoms with Crippen LogP contribution in [-0.2, 0) is 0 Å². The second kappa shape index (κ2) is 8.61. The van der Waals surface area contributed by atoms with E-state index >= 15 is 0 Å². The SMILES string of the molecule is CCCOc1ccc(-c2[nH]nc3c2[C@H](c2c(Cl)cccc2[N+](=O)[O-])C(C#N)=C(N)O3)cc1. The Hall–Kier alpha value is -4.03. The van der Waals surface area contributed by atoms with Crippen LogP contribution in [0.3, 0.4) is 0 Å². The van der Waals surface area contributed by atoms with Crippen LogP contribution in [0.25, 0.3) is 11.3 Å². The highest BCUT2D eigenvalue weighted by Gasteiger charge is 2.40. The molecule has 2 heterocycles. The summed E-state index contributed by atoms with van der Waals surface area (Å²) in [6.45, 7) is 2.62. The number of halogens is 1. The number of nitrogens with zero attached hydrogens (tertiary/aromatic N) is 3. The zero-order valence-electron chi connectivity index (χ0n) is 17.0. The van der Waals surface area contributed by atoms with Crippen LogP contribution in [0.5, 0.6) is 11.6 Å². The highest BCUT2D eigenvalue weighted by atomic mass is 35.5. The van der Waals surface area contributed by atoms with Crippen molar-refractivity contribution in [2.45, 2.75) is 19.3 Å². The van der Waals surface area contributed by atoms with Gasteiger partial charge in [-0.15, -0.1) is 5.10 Å². The van der Waals surface area contributed by atoms with E-state index in [2.05, 4.69) is 10.2 Å². The summed E-state index contributed by atoms with van der Waals surface area (Å²) in [6, 6.07) is 13.6. The van der Waals surface area contributed by atoms with Gasteiger partial charge in [-0.1, -0.05) is 24.6 Å². The van der Waals surface area contributed by atoms with Crippen molar-refractivity contribution < 1.29 is 14.4 Å². The molecule has 0 saturated carbocycles. The highest BCUT2D eigenvalue weighted by Crippen LogP contribution is 2.49. The van der Waals surface area contributed by atoms with E-state index in [1.165, 1.54) is 18.2 Å². The number of benzene rings is 2. The minimum Gasteiger partial charge on any atom is -0.494 e. The molecule has 1 aliphatic heterocycles. The van der Waals surface area contributed by atoms with Gasteiger partial charge in [0.05, 0.1) is 39.3 Å². The van der Waals surface area contributed by atoms with Gasteiger partial charge >= 0.3 is 0 Å². The zero-order chi connectivity index (χ0) is 22.8. The first-order valence-electron chi connectivity index (χ1n) is 9.78. The third-order valence-corrected chi connectivity index (χ3v) is 5.40. The van der Waals surface area contributed by atoms with Crippen LogP contribution in [0, 0.1) is 21.4 Å². The van der Waals surface area contributed by atoms with Gasteiger partial charge in [0.2, 0.25) is 11.8 Å². The number of H-pyrrole nitrogens is 1. The fourth-order valence-electron chi connectivity index (χ4n) is 3.66. The first-order chi connectivity index (χ1) is 15.5. The quantitative estimate of drug-likeness (QED) is 0.410. The molecule has 3 N–H and O–H groups in total. The molecular weight excluding hydrogens is 434 g/mol. The molecule has 1 atom stereocenters. The molecule has 162 valence electrons. The normalized spacial score (nSPS) is 15.0. The lowest BCUT2D eigenvalue weighted by molar-refractivity contribution is -0.385. The monoisotopic (exact) mass is 451 g/mol. The van der Waals surface area contributed by atoms with Gasteiger partial charge in [-0.2, -0.15) is 5.26 Å². The molecule has 0 spiro atoms. The molecule has 0 amide bonds. The van der Waals surface area contributed by atoms with E-state index in [-0.39, 0.29) is 33.6 Å². The number of nitrogens with two attached hydrogens (primary N) is 1. The average Bonchev–Trinajstić information content (AvgIpc) is 3.20. The number of nitro benzene ring substituents is 1. The smallest absolute Gasteiger partial charge is 0.275 e. The maximum Gasteiger partial charge on any atom is 0.275 e. The first-order valence-corrected chi connectivity index (χ1v) is 10.2. The zero-order valence-corrected chi connectivity index (χ0v) is 17.7. The molecule has 10 heteroatoms. The third kappa shape index (κ3) is 3.61. The summed E-state index contributed by atoms with van der Waals surface area (Å²) in [4.78, 5) is 11.2. The minimum atomic E-state index is -0.942. The molecule has 0 radical (unpaired) electrons.